The number of carbonyl (C=O) groups excluding carboxylic acids is 1. The molecule has 1 unspecified atom stereocenters. The van der Waals surface area contributed by atoms with Gasteiger partial charge >= 0.3 is 0 Å². The van der Waals surface area contributed by atoms with Crippen LogP contribution in [0.5, 0.6) is 0 Å². The van der Waals surface area contributed by atoms with Crippen LogP contribution in [0.15, 0.2) is 58.8 Å². The lowest BCUT2D eigenvalue weighted by Crippen LogP contribution is -2.32. The number of hydrogen-bond donors (Lipinski definition) is 3. The van der Waals surface area contributed by atoms with E-state index in [0.717, 1.165) is 22.0 Å². The highest BCUT2D eigenvalue weighted by Gasteiger charge is 2.16. The minimum atomic E-state index is -3.56. The van der Waals surface area contributed by atoms with Crippen LogP contribution in [-0.2, 0) is 14.8 Å². The number of thiazole rings is 1. The second-order valence-electron chi connectivity index (χ2n) is 7.48. The highest BCUT2D eigenvalue weighted by Crippen LogP contribution is 2.23. The van der Waals surface area contributed by atoms with Gasteiger partial charge in [-0.3, -0.25) is 4.79 Å². The molecule has 31 heavy (non-hydrogen) atoms. The third kappa shape index (κ3) is 6.13. The Morgan fingerprint density at radius 1 is 0.968 bits per heavy atom. The van der Waals surface area contributed by atoms with Gasteiger partial charge in [-0.05, 0) is 64.1 Å². The number of anilines is 2. The molecule has 0 aliphatic carbocycles. The Morgan fingerprint density at radius 3 is 2.13 bits per heavy atom. The first kappa shape index (κ1) is 22.9. The first-order chi connectivity index (χ1) is 14.6. The van der Waals surface area contributed by atoms with Crippen LogP contribution < -0.4 is 15.4 Å². The maximum Gasteiger partial charge on any atom is 0.246 e. The van der Waals surface area contributed by atoms with E-state index in [0.29, 0.717) is 5.69 Å². The van der Waals surface area contributed by atoms with E-state index in [2.05, 4.69) is 20.3 Å². The van der Waals surface area contributed by atoms with Gasteiger partial charge in [0, 0.05) is 28.4 Å². The first-order valence-electron chi connectivity index (χ1n) is 9.86. The summed E-state index contributed by atoms with van der Waals surface area (Å²) >= 11 is 1.61. The zero-order chi connectivity index (χ0) is 22.6. The van der Waals surface area contributed by atoms with Crippen LogP contribution in [-0.4, -0.2) is 31.4 Å². The number of aromatic nitrogens is 1. The Hall–Kier alpha value is -2.75. The van der Waals surface area contributed by atoms with Crippen LogP contribution >= 0.6 is 11.3 Å². The summed E-state index contributed by atoms with van der Waals surface area (Å²) in [7, 11) is -3.56. The normalized spacial score (nSPS) is 12.5. The van der Waals surface area contributed by atoms with Gasteiger partial charge in [-0.25, -0.2) is 18.1 Å². The molecule has 164 valence electrons. The molecule has 1 amide bonds. The van der Waals surface area contributed by atoms with Crippen LogP contribution in [0.3, 0.4) is 0 Å². The summed E-state index contributed by atoms with van der Waals surface area (Å²) in [5.74, 6) is -0.227. The van der Waals surface area contributed by atoms with Crippen molar-refractivity contribution in [1.82, 2.24) is 9.71 Å². The van der Waals surface area contributed by atoms with E-state index in [4.69, 9.17) is 0 Å². The molecule has 2 aromatic carbocycles. The van der Waals surface area contributed by atoms with Crippen LogP contribution in [0, 0.1) is 6.92 Å². The molecule has 0 saturated carbocycles. The lowest BCUT2D eigenvalue weighted by Gasteiger charge is -2.16. The van der Waals surface area contributed by atoms with Crippen LogP contribution in [0.25, 0.3) is 11.3 Å². The molecule has 3 rings (SSSR count). The smallest absolute Gasteiger partial charge is 0.246 e. The van der Waals surface area contributed by atoms with Crippen molar-refractivity contribution in [3.63, 3.8) is 0 Å². The molecule has 7 nitrogen and oxygen atoms in total. The van der Waals surface area contributed by atoms with Crippen molar-refractivity contribution in [3.05, 3.63) is 58.9 Å². The Balaban J connectivity index is 1.59. The number of benzene rings is 2. The van der Waals surface area contributed by atoms with E-state index >= 15 is 0 Å². The third-order valence-electron chi connectivity index (χ3n) is 4.40. The number of rotatable bonds is 8. The van der Waals surface area contributed by atoms with E-state index in [1.165, 1.54) is 12.1 Å². The summed E-state index contributed by atoms with van der Waals surface area (Å²) in [5.41, 5.74) is 3.30. The number of amides is 1. The second-order valence-corrected chi connectivity index (χ2v) is 10.3. The summed E-state index contributed by atoms with van der Waals surface area (Å²) in [6.07, 6.45) is 0. The fourth-order valence-corrected chi connectivity index (χ4v) is 4.77. The molecular formula is C22H26N4O3S2. The molecule has 9 heteroatoms. The van der Waals surface area contributed by atoms with Crippen LogP contribution in [0.4, 0.5) is 11.4 Å². The monoisotopic (exact) mass is 458 g/mol. The van der Waals surface area contributed by atoms with Crippen molar-refractivity contribution in [2.75, 3.05) is 10.6 Å². The molecule has 0 aliphatic rings. The van der Waals surface area contributed by atoms with E-state index in [1.54, 1.807) is 44.2 Å². The molecule has 0 bridgehead atoms. The zero-order valence-corrected chi connectivity index (χ0v) is 19.5. The van der Waals surface area contributed by atoms with Gasteiger partial charge in [-0.15, -0.1) is 11.3 Å². The van der Waals surface area contributed by atoms with Crippen molar-refractivity contribution in [1.29, 1.82) is 0 Å². The van der Waals surface area contributed by atoms with Crippen LogP contribution in [0.2, 0.25) is 0 Å². The van der Waals surface area contributed by atoms with Gasteiger partial charge in [0.15, 0.2) is 0 Å². The largest absolute Gasteiger partial charge is 0.374 e. The minimum Gasteiger partial charge on any atom is -0.374 e. The molecule has 3 aromatic rings. The van der Waals surface area contributed by atoms with Crippen molar-refractivity contribution in [3.8, 4) is 11.3 Å². The fourth-order valence-electron chi connectivity index (χ4n) is 2.90. The van der Waals surface area contributed by atoms with E-state index < -0.39 is 16.1 Å². The number of nitrogens with one attached hydrogen (secondary N) is 3. The summed E-state index contributed by atoms with van der Waals surface area (Å²) < 4.78 is 26.9. The average molecular weight is 459 g/mol. The molecule has 1 heterocycles. The van der Waals surface area contributed by atoms with Gasteiger partial charge in [-0.1, -0.05) is 12.1 Å². The summed E-state index contributed by atoms with van der Waals surface area (Å²) in [4.78, 5) is 17.2. The Labute approximate surface area is 187 Å². The van der Waals surface area contributed by atoms with Gasteiger partial charge in [0.2, 0.25) is 15.9 Å². The van der Waals surface area contributed by atoms with Crippen molar-refractivity contribution < 1.29 is 13.2 Å². The Morgan fingerprint density at radius 2 is 1.58 bits per heavy atom. The second kappa shape index (κ2) is 9.59. The lowest BCUT2D eigenvalue weighted by atomic mass is 10.1. The lowest BCUT2D eigenvalue weighted by molar-refractivity contribution is -0.116. The molecule has 0 saturated heterocycles. The molecule has 3 N–H and O–H groups in total. The maximum atomic E-state index is 12.5. The van der Waals surface area contributed by atoms with Gasteiger partial charge in [0.1, 0.15) is 6.04 Å². The first-order valence-corrected chi connectivity index (χ1v) is 12.2. The Bertz CT molecular complexity index is 1140. The number of sulfonamides is 1. The number of hydrogen-bond acceptors (Lipinski definition) is 6. The number of nitrogens with zero attached hydrogens (tertiary/aromatic N) is 1. The third-order valence-corrected chi connectivity index (χ3v) is 6.85. The highest BCUT2D eigenvalue weighted by atomic mass is 32.2. The summed E-state index contributed by atoms with van der Waals surface area (Å²) in [6.45, 7) is 7.25. The number of carbonyl (C=O) groups is 1. The van der Waals surface area contributed by atoms with Crippen molar-refractivity contribution in [2.24, 2.45) is 0 Å². The fraction of sp³-hybridized carbons (Fsp3) is 0.273. The predicted octanol–water partition coefficient (Wildman–Crippen LogP) is 4.24. The van der Waals surface area contributed by atoms with Crippen molar-refractivity contribution in [2.45, 2.75) is 44.7 Å². The SMILES string of the molecule is Cc1nc(-c2ccc(NC(C)C(=O)Nc3ccc(S(=O)(=O)NC(C)C)cc3)cc2)cs1. The maximum absolute atomic E-state index is 12.5. The van der Waals surface area contributed by atoms with Gasteiger partial charge < -0.3 is 10.6 Å². The van der Waals surface area contributed by atoms with E-state index in [9.17, 15) is 13.2 Å². The number of aryl methyl sites for hydroxylation is 1. The zero-order valence-electron chi connectivity index (χ0n) is 17.8. The Kier molecular flexibility index (Phi) is 7.09. The molecule has 1 atom stereocenters. The standard InChI is InChI=1S/C22H26N4O3S2/c1-14(2)26-31(28,29)20-11-9-19(10-12-20)25-22(27)15(3)23-18-7-5-17(6-8-18)21-13-30-16(4)24-21/h5-15,23,26H,1-4H3,(H,25,27). The molecule has 1 aromatic heterocycles. The molecule has 0 aliphatic heterocycles. The summed E-state index contributed by atoms with van der Waals surface area (Å²) in [5, 5.41) is 9.00. The van der Waals surface area contributed by atoms with Crippen LogP contribution in [0.1, 0.15) is 25.8 Å². The molecule has 0 radical (unpaired) electrons. The highest BCUT2D eigenvalue weighted by molar-refractivity contribution is 7.89. The predicted molar refractivity (Wildman–Crippen MR) is 126 cm³/mol. The van der Waals surface area contributed by atoms with Crippen molar-refractivity contribution >= 4 is 38.6 Å². The average Bonchev–Trinajstić information content (AvgIpc) is 3.14. The van der Waals surface area contributed by atoms with E-state index in [1.807, 2.05) is 36.6 Å². The van der Waals surface area contributed by atoms with Gasteiger partial charge in [0.05, 0.1) is 15.6 Å². The van der Waals surface area contributed by atoms with Gasteiger partial charge in [0.25, 0.3) is 0 Å². The molecular weight excluding hydrogens is 432 g/mol. The summed E-state index contributed by atoms with van der Waals surface area (Å²) in [6, 6.07) is 13.2. The van der Waals surface area contributed by atoms with E-state index in [-0.39, 0.29) is 16.8 Å². The topological polar surface area (TPSA) is 100 Å². The molecule has 0 fully saturated rings. The minimum absolute atomic E-state index is 0.153. The molecule has 0 spiro atoms. The quantitative estimate of drug-likeness (QED) is 0.469. The van der Waals surface area contributed by atoms with Gasteiger partial charge in [-0.2, -0.15) is 0 Å².